The van der Waals surface area contributed by atoms with Gasteiger partial charge in [-0.15, -0.1) is 0 Å². The third-order valence-corrected chi connectivity index (χ3v) is 8.56. The van der Waals surface area contributed by atoms with Crippen LogP contribution in [0.2, 0.25) is 0 Å². The summed E-state index contributed by atoms with van der Waals surface area (Å²) in [4.78, 5) is 0. The van der Waals surface area contributed by atoms with E-state index in [9.17, 15) is 0 Å². The molecular weight excluding hydrogens is 408 g/mol. The van der Waals surface area contributed by atoms with Gasteiger partial charge in [-0.05, 0) is 11.8 Å². The Labute approximate surface area is 219 Å². The molecule has 2 unspecified atom stereocenters. The zero-order chi connectivity index (χ0) is 25.0. The van der Waals surface area contributed by atoms with Crippen molar-refractivity contribution in [3.8, 4) is 0 Å². The van der Waals surface area contributed by atoms with Crippen LogP contribution in [0.25, 0.3) is 0 Å². The molecule has 0 aliphatic carbocycles. The summed E-state index contributed by atoms with van der Waals surface area (Å²) in [5.74, 6) is 2.03. The molecule has 0 fully saturated rings. The minimum absolute atomic E-state index is 1.02. The first-order valence-corrected chi connectivity index (χ1v) is 16.8. The van der Waals surface area contributed by atoms with Gasteiger partial charge in [-0.2, -0.15) is 0 Å². The maximum atomic E-state index is 2.42. The highest BCUT2D eigenvalue weighted by atomic mass is 14.1. The molecule has 2 atom stereocenters. The van der Waals surface area contributed by atoms with Crippen molar-refractivity contribution < 1.29 is 0 Å². The quantitative estimate of drug-likeness (QED) is 0.0937. The lowest BCUT2D eigenvalue weighted by atomic mass is 9.91. The minimum Gasteiger partial charge on any atom is -0.0654 e. The zero-order valence-corrected chi connectivity index (χ0v) is 25.0. The van der Waals surface area contributed by atoms with Crippen LogP contribution < -0.4 is 0 Å². The Kier molecular flexibility index (Phi) is 29.2. The van der Waals surface area contributed by atoms with Crippen LogP contribution in [0, 0.1) is 11.8 Å². The van der Waals surface area contributed by atoms with Crippen LogP contribution in [0.15, 0.2) is 0 Å². The Balaban J connectivity index is 3.46. The van der Waals surface area contributed by atoms with Gasteiger partial charge in [0, 0.05) is 0 Å². The van der Waals surface area contributed by atoms with Gasteiger partial charge in [0.15, 0.2) is 0 Å². The normalized spacial score (nSPS) is 13.4. The Morgan fingerprint density at radius 3 is 0.676 bits per heavy atom. The Morgan fingerprint density at radius 1 is 0.265 bits per heavy atom. The average Bonchev–Trinajstić information content (AvgIpc) is 2.86. The van der Waals surface area contributed by atoms with Crippen molar-refractivity contribution in [3.05, 3.63) is 0 Å². The summed E-state index contributed by atoms with van der Waals surface area (Å²) in [5, 5.41) is 0. The summed E-state index contributed by atoms with van der Waals surface area (Å²) >= 11 is 0. The SMILES string of the molecule is CCCCCCCCCCC(CC)CCCCCCCCC(CC)CCCCCCCCCC. The van der Waals surface area contributed by atoms with Crippen molar-refractivity contribution in [2.75, 3.05) is 0 Å². The first kappa shape index (κ1) is 34.0. The van der Waals surface area contributed by atoms with E-state index in [1.807, 2.05) is 0 Å². The van der Waals surface area contributed by atoms with Gasteiger partial charge in [-0.25, -0.2) is 0 Å². The van der Waals surface area contributed by atoms with Gasteiger partial charge < -0.3 is 0 Å². The number of hydrogen-bond donors (Lipinski definition) is 0. The largest absolute Gasteiger partial charge is 0.0654 e. The van der Waals surface area contributed by atoms with Crippen LogP contribution >= 0.6 is 0 Å². The first-order chi connectivity index (χ1) is 16.8. The fraction of sp³-hybridized carbons (Fsp3) is 1.00. The second-order valence-electron chi connectivity index (χ2n) is 11.8. The van der Waals surface area contributed by atoms with Gasteiger partial charge in [0.2, 0.25) is 0 Å². The molecule has 0 rings (SSSR count). The van der Waals surface area contributed by atoms with Crippen molar-refractivity contribution in [2.24, 2.45) is 11.8 Å². The van der Waals surface area contributed by atoms with Gasteiger partial charge >= 0.3 is 0 Å². The van der Waals surface area contributed by atoms with Crippen molar-refractivity contribution in [1.29, 1.82) is 0 Å². The molecule has 34 heavy (non-hydrogen) atoms. The fourth-order valence-electron chi connectivity index (χ4n) is 5.81. The molecule has 206 valence electrons. The van der Waals surface area contributed by atoms with E-state index < -0.39 is 0 Å². The Bertz CT molecular complexity index is 312. The lowest BCUT2D eigenvalue weighted by molar-refractivity contribution is 0.383. The van der Waals surface area contributed by atoms with E-state index in [4.69, 9.17) is 0 Å². The predicted molar refractivity (Wildman–Crippen MR) is 159 cm³/mol. The summed E-state index contributed by atoms with van der Waals surface area (Å²) in [6.45, 7) is 9.47. The van der Waals surface area contributed by atoms with Crippen molar-refractivity contribution >= 4 is 0 Å². The van der Waals surface area contributed by atoms with Crippen LogP contribution in [-0.4, -0.2) is 0 Å². The molecule has 0 nitrogen and oxygen atoms in total. The van der Waals surface area contributed by atoms with Crippen LogP contribution in [-0.2, 0) is 0 Å². The van der Waals surface area contributed by atoms with Crippen LogP contribution in [0.5, 0.6) is 0 Å². The molecule has 0 saturated carbocycles. The second-order valence-corrected chi connectivity index (χ2v) is 11.8. The summed E-state index contributed by atoms with van der Waals surface area (Å²) in [5.41, 5.74) is 0. The minimum atomic E-state index is 1.02. The molecule has 0 aromatic heterocycles. The van der Waals surface area contributed by atoms with Gasteiger partial charge in [0.25, 0.3) is 0 Å². The van der Waals surface area contributed by atoms with Gasteiger partial charge in [0.1, 0.15) is 0 Å². The lowest BCUT2D eigenvalue weighted by Gasteiger charge is -2.15. The molecule has 0 aromatic carbocycles. The van der Waals surface area contributed by atoms with Crippen LogP contribution in [0.3, 0.4) is 0 Å². The third-order valence-electron chi connectivity index (χ3n) is 8.56. The number of hydrogen-bond acceptors (Lipinski definition) is 0. The highest BCUT2D eigenvalue weighted by Gasteiger charge is 2.07. The van der Waals surface area contributed by atoms with E-state index in [1.165, 1.54) is 180 Å². The maximum Gasteiger partial charge on any atom is -0.0417 e. The van der Waals surface area contributed by atoms with Crippen LogP contribution in [0.4, 0.5) is 0 Å². The summed E-state index contributed by atoms with van der Waals surface area (Å²) < 4.78 is 0. The molecule has 0 amide bonds. The smallest absolute Gasteiger partial charge is 0.0417 e. The molecular formula is C34H70. The highest BCUT2D eigenvalue weighted by Crippen LogP contribution is 2.24. The molecule has 0 spiro atoms. The standard InChI is InChI=1S/C34H70/c1-5-9-11-13-15-17-21-25-29-33(7-3)31-27-23-19-20-24-28-32-34(8-4)30-26-22-18-16-14-12-10-6-2/h33-34H,5-32H2,1-4H3. The van der Waals surface area contributed by atoms with E-state index in [1.54, 1.807) is 0 Å². The van der Waals surface area contributed by atoms with Gasteiger partial charge in [-0.3, -0.25) is 0 Å². The van der Waals surface area contributed by atoms with Crippen molar-refractivity contribution in [1.82, 2.24) is 0 Å². The van der Waals surface area contributed by atoms with E-state index in [0.29, 0.717) is 0 Å². The average molecular weight is 479 g/mol. The molecule has 0 aliphatic rings. The van der Waals surface area contributed by atoms with E-state index in [2.05, 4.69) is 27.7 Å². The number of rotatable bonds is 29. The Morgan fingerprint density at radius 2 is 0.471 bits per heavy atom. The van der Waals surface area contributed by atoms with E-state index >= 15 is 0 Å². The summed E-state index contributed by atoms with van der Waals surface area (Å²) in [7, 11) is 0. The molecule has 0 bridgehead atoms. The molecule has 0 aliphatic heterocycles. The van der Waals surface area contributed by atoms with Gasteiger partial charge in [0.05, 0.1) is 0 Å². The van der Waals surface area contributed by atoms with E-state index in [0.717, 1.165) is 11.8 Å². The fourth-order valence-corrected chi connectivity index (χ4v) is 5.81. The molecule has 0 heterocycles. The van der Waals surface area contributed by atoms with Gasteiger partial charge in [-0.1, -0.05) is 207 Å². The van der Waals surface area contributed by atoms with E-state index in [-0.39, 0.29) is 0 Å². The number of unbranched alkanes of at least 4 members (excludes halogenated alkanes) is 19. The lowest BCUT2D eigenvalue weighted by Crippen LogP contribution is -2.00. The summed E-state index contributed by atoms with van der Waals surface area (Å²) in [6, 6.07) is 0. The third kappa shape index (κ3) is 25.1. The monoisotopic (exact) mass is 479 g/mol. The zero-order valence-electron chi connectivity index (χ0n) is 25.0. The topological polar surface area (TPSA) is 0 Å². The maximum absolute atomic E-state index is 2.42. The Hall–Kier alpha value is 0. The molecule has 0 N–H and O–H groups in total. The summed E-state index contributed by atoms with van der Waals surface area (Å²) in [6.07, 6.45) is 41.2. The molecule has 0 heteroatoms. The first-order valence-electron chi connectivity index (χ1n) is 16.8. The van der Waals surface area contributed by atoms with Crippen molar-refractivity contribution in [3.63, 3.8) is 0 Å². The molecule has 0 saturated heterocycles. The highest BCUT2D eigenvalue weighted by molar-refractivity contribution is 4.61. The molecule has 0 radical (unpaired) electrons. The van der Waals surface area contributed by atoms with Crippen molar-refractivity contribution in [2.45, 2.75) is 207 Å². The molecule has 0 aromatic rings. The second kappa shape index (κ2) is 29.2. The van der Waals surface area contributed by atoms with Crippen LogP contribution in [0.1, 0.15) is 207 Å². The predicted octanol–water partition coefficient (Wildman–Crippen LogP) is 13.2.